The summed E-state index contributed by atoms with van der Waals surface area (Å²) in [5, 5.41) is 9.63. The SMILES string of the molecule is Cc1oc(CN(C)C(=O)C2=Cc3ccc(Cl)cc3OC2)cc1C(=O)O. The number of amides is 1. The molecule has 6 nitrogen and oxygen atoms in total. The van der Waals surface area contributed by atoms with E-state index in [1.807, 2.05) is 0 Å². The summed E-state index contributed by atoms with van der Waals surface area (Å²) in [6.07, 6.45) is 1.77. The molecule has 25 heavy (non-hydrogen) atoms. The molecule has 0 saturated heterocycles. The van der Waals surface area contributed by atoms with Gasteiger partial charge in [0, 0.05) is 17.6 Å². The van der Waals surface area contributed by atoms with Gasteiger partial charge in [-0.2, -0.15) is 0 Å². The number of hydrogen-bond acceptors (Lipinski definition) is 4. The Morgan fingerprint density at radius 2 is 2.08 bits per heavy atom. The molecular weight excluding hydrogens is 346 g/mol. The number of carboxylic acids is 1. The second-order valence-corrected chi connectivity index (χ2v) is 6.23. The Morgan fingerprint density at radius 3 is 2.76 bits per heavy atom. The molecule has 0 bridgehead atoms. The topological polar surface area (TPSA) is 80.0 Å². The highest BCUT2D eigenvalue weighted by Gasteiger charge is 2.22. The molecular formula is C18H16ClNO5. The Kier molecular flexibility index (Phi) is 4.55. The minimum Gasteiger partial charge on any atom is -0.488 e. The summed E-state index contributed by atoms with van der Waals surface area (Å²) in [7, 11) is 1.62. The molecule has 0 radical (unpaired) electrons. The first kappa shape index (κ1) is 17.1. The summed E-state index contributed by atoms with van der Waals surface area (Å²) in [4.78, 5) is 25.1. The molecule has 1 aromatic heterocycles. The maximum absolute atomic E-state index is 12.6. The first-order chi connectivity index (χ1) is 11.8. The van der Waals surface area contributed by atoms with Crippen LogP contribution in [-0.4, -0.2) is 35.5 Å². The lowest BCUT2D eigenvalue weighted by atomic mass is 10.1. The maximum atomic E-state index is 12.6. The van der Waals surface area contributed by atoms with Crippen LogP contribution in [0.25, 0.3) is 6.08 Å². The number of hydrogen-bond donors (Lipinski definition) is 1. The average Bonchev–Trinajstić information content (AvgIpc) is 2.94. The number of halogens is 1. The fourth-order valence-corrected chi connectivity index (χ4v) is 2.81. The van der Waals surface area contributed by atoms with Crippen molar-refractivity contribution in [3.05, 3.63) is 57.5 Å². The molecule has 7 heteroatoms. The normalized spacial score (nSPS) is 12.8. The van der Waals surface area contributed by atoms with Gasteiger partial charge in [-0.05, 0) is 37.3 Å². The van der Waals surface area contributed by atoms with E-state index in [-0.39, 0.29) is 24.6 Å². The highest BCUT2D eigenvalue weighted by Crippen LogP contribution is 2.29. The number of ether oxygens (including phenoxy) is 1. The number of carbonyl (C=O) groups excluding carboxylic acids is 1. The highest BCUT2D eigenvalue weighted by atomic mass is 35.5. The largest absolute Gasteiger partial charge is 0.488 e. The second kappa shape index (κ2) is 6.64. The van der Waals surface area contributed by atoms with Gasteiger partial charge in [-0.1, -0.05) is 11.6 Å². The molecule has 1 aliphatic heterocycles. The van der Waals surface area contributed by atoms with Gasteiger partial charge >= 0.3 is 5.97 Å². The van der Waals surface area contributed by atoms with Gasteiger partial charge < -0.3 is 19.2 Å². The van der Waals surface area contributed by atoms with Gasteiger partial charge in [0.15, 0.2) is 0 Å². The van der Waals surface area contributed by atoms with Crippen molar-refractivity contribution >= 4 is 29.6 Å². The van der Waals surface area contributed by atoms with Crippen molar-refractivity contribution in [2.75, 3.05) is 13.7 Å². The van der Waals surface area contributed by atoms with E-state index in [2.05, 4.69) is 0 Å². The van der Waals surface area contributed by atoms with E-state index in [9.17, 15) is 9.59 Å². The number of rotatable bonds is 4. The number of benzene rings is 1. The van der Waals surface area contributed by atoms with Gasteiger partial charge in [0.05, 0.1) is 12.1 Å². The van der Waals surface area contributed by atoms with E-state index in [0.29, 0.717) is 27.9 Å². The molecule has 0 fully saturated rings. The first-order valence-corrected chi connectivity index (χ1v) is 7.94. The van der Waals surface area contributed by atoms with Crippen molar-refractivity contribution in [1.29, 1.82) is 0 Å². The summed E-state index contributed by atoms with van der Waals surface area (Å²) >= 11 is 5.93. The smallest absolute Gasteiger partial charge is 0.339 e. The van der Waals surface area contributed by atoms with Crippen molar-refractivity contribution < 1.29 is 23.8 Å². The number of aryl methyl sites for hydroxylation is 1. The fourth-order valence-electron chi connectivity index (χ4n) is 2.65. The Hall–Kier alpha value is -2.73. The van der Waals surface area contributed by atoms with Gasteiger partial charge in [0.2, 0.25) is 0 Å². The third-order valence-electron chi connectivity index (χ3n) is 3.90. The van der Waals surface area contributed by atoms with Crippen LogP contribution in [0.1, 0.15) is 27.4 Å². The van der Waals surface area contributed by atoms with E-state index in [4.69, 9.17) is 25.9 Å². The van der Waals surface area contributed by atoms with Crippen molar-refractivity contribution in [2.45, 2.75) is 13.5 Å². The molecule has 2 heterocycles. The van der Waals surface area contributed by atoms with E-state index in [1.54, 1.807) is 38.2 Å². The Balaban J connectivity index is 1.76. The van der Waals surface area contributed by atoms with Gasteiger partial charge in [0.25, 0.3) is 5.91 Å². The van der Waals surface area contributed by atoms with E-state index >= 15 is 0 Å². The summed E-state index contributed by atoms with van der Waals surface area (Å²) in [5.41, 5.74) is 1.38. The van der Waals surface area contributed by atoms with E-state index in [1.165, 1.54) is 11.0 Å². The number of likely N-dealkylation sites (N-methyl/N-ethyl adjacent to an activating group) is 1. The van der Waals surface area contributed by atoms with Crippen molar-refractivity contribution in [3.63, 3.8) is 0 Å². The lowest BCUT2D eigenvalue weighted by Gasteiger charge is -2.22. The summed E-state index contributed by atoms with van der Waals surface area (Å²) in [6, 6.07) is 6.66. The highest BCUT2D eigenvalue weighted by molar-refractivity contribution is 6.30. The third-order valence-corrected chi connectivity index (χ3v) is 4.14. The molecule has 1 aliphatic rings. The molecule has 1 amide bonds. The molecule has 1 N–H and O–H groups in total. The van der Waals surface area contributed by atoms with Gasteiger partial charge in [-0.15, -0.1) is 0 Å². The first-order valence-electron chi connectivity index (χ1n) is 7.56. The second-order valence-electron chi connectivity index (χ2n) is 5.79. The number of aromatic carboxylic acids is 1. The Morgan fingerprint density at radius 1 is 1.32 bits per heavy atom. The average molecular weight is 362 g/mol. The van der Waals surface area contributed by atoms with E-state index in [0.717, 1.165) is 5.56 Å². The van der Waals surface area contributed by atoms with Crippen LogP contribution in [0.3, 0.4) is 0 Å². The van der Waals surface area contributed by atoms with Gasteiger partial charge in [-0.25, -0.2) is 4.79 Å². The number of fused-ring (bicyclic) bond motifs is 1. The molecule has 3 rings (SSSR count). The quantitative estimate of drug-likeness (QED) is 0.903. The standard InChI is InChI=1S/C18H16ClNO5/c1-10-15(18(22)23)7-14(25-10)8-20(2)17(21)12-5-11-3-4-13(19)6-16(11)24-9-12/h3-7H,8-9H2,1-2H3,(H,22,23). The zero-order valence-electron chi connectivity index (χ0n) is 13.7. The lowest BCUT2D eigenvalue weighted by molar-refractivity contribution is -0.126. The fraction of sp³-hybridized carbons (Fsp3) is 0.222. The number of nitrogens with zero attached hydrogens (tertiary/aromatic N) is 1. The third kappa shape index (κ3) is 3.53. The van der Waals surface area contributed by atoms with Crippen molar-refractivity contribution in [3.8, 4) is 5.75 Å². The van der Waals surface area contributed by atoms with Crippen molar-refractivity contribution in [1.82, 2.24) is 4.90 Å². The van der Waals surface area contributed by atoms with Crippen LogP contribution in [0.15, 0.2) is 34.3 Å². The molecule has 130 valence electrons. The van der Waals surface area contributed by atoms with E-state index < -0.39 is 5.97 Å². The Bertz CT molecular complexity index is 884. The van der Waals surface area contributed by atoms with Gasteiger partial charge in [0.1, 0.15) is 29.4 Å². The zero-order chi connectivity index (χ0) is 18.1. The molecule has 0 aliphatic carbocycles. The maximum Gasteiger partial charge on any atom is 0.339 e. The number of carbonyl (C=O) groups is 2. The monoisotopic (exact) mass is 361 g/mol. The summed E-state index contributed by atoms with van der Waals surface area (Å²) < 4.78 is 11.0. The molecule has 0 unspecified atom stereocenters. The van der Waals surface area contributed by atoms with Gasteiger partial charge in [-0.3, -0.25) is 4.79 Å². The Labute approximate surface area is 149 Å². The number of carboxylic acid groups (broad SMARTS) is 1. The van der Waals surface area contributed by atoms with Crippen molar-refractivity contribution in [2.24, 2.45) is 0 Å². The molecule has 0 saturated carbocycles. The predicted octanol–water partition coefficient (Wildman–Crippen LogP) is 3.37. The van der Waals surface area contributed by atoms with Crippen LogP contribution in [0.2, 0.25) is 5.02 Å². The minimum atomic E-state index is -1.06. The van der Waals surface area contributed by atoms with Crippen LogP contribution in [0.4, 0.5) is 0 Å². The molecule has 2 aromatic rings. The molecule has 0 spiro atoms. The summed E-state index contributed by atoms with van der Waals surface area (Å²) in [6.45, 7) is 1.89. The minimum absolute atomic E-state index is 0.0990. The van der Waals surface area contributed by atoms with Crippen LogP contribution >= 0.6 is 11.6 Å². The molecule has 0 atom stereocenters. The van der Waals surface area contributed by atoms with Crippen LogP contribution in [0.5, 0.6) is 5.75 Å². The summed E-state index contributed by atoms with van der Waals surface area (Å²) in [5.74, 6) is 0.0933. The van der Waals surface area contributed by atoms with Crippen LogP contribution in [0, 0.1) is 6.92 Å². The van der Waals surface area contributed by atoms with Crippen LogP contribution < -0.4 is 4.74 Å². The predicted molar refractivity (Wildman–Crippen MR) is 91.8 cm³/mol. The molecule has 1 aromatic carbocycles. The zero-order valence-corrected chi connectivity index (χ0v) is 14.5. The number of furan rings is 1. The lowest BCUT2D eigenvalue weighted by Crippen LogP contribution is -2.30. The van der Waals surface area contributed by atoms with Crippen LogP contribution in [-0.2, 0) is 11.3 Å².